The summed E-state index contributed by atoms with van der Waals surface area (Å²) >= 11 is 3.59. The summed E-state index contributed by atoms with van der Waals surface area (Å²) in [5, 5.41) is 3.10. The molecule has 0 saturated carbocycles. The van der Waals surface area contributed by atoms with Gasteiger partial charge in [-0.3, -0.25) is 4.79 Å². The Labute approximate surface area is 97.3 Å². The van der Waals surface area contributed by atoms with Crippen molar-refractivity contribution in [2.75, 3.05) is 6.54 Å². The summed E-state index contributed by atoms with van der Waals surface area (Å²) in [7, 11) is 0. The Morgan fingerprint density at radius 2 is 2.40 bits per heavy atom. The summed E-state index contributed by atoms with van der Waals surface area (Å²) in [4.78, 5) is 14.1. The van der Waals surface area contributed by atoms with Crippen LogP contribution in [0.3, 0.4) is 0 Å². The van der Waals surface area contributed by atoms with Crippen molar-refractivity contribution in [3.05, 3.63) is 22.3 Å². The molecule has 3 aliphatic rings. The van der Waals surface area contributed by atoms with Gasteiger partial charge in [-0.1, -0.05) is 12.2 Å². The maximum Gasteiger partial charge on any atom is 0.243 e. The van der Waals surface area contributed by atoms with Crippen molar-refractivity contribution in [3.63, 3.8) is 0 Å². The van der Waals surface area contributed by atoms with E-state index in [0.29, 0.717) is 0 Å². The van der Waals surface area contributed by atoms with Crippen molar-refractivity contribution in [1.82, 2.24) is 10.2 Å². The molecule has 4 heteroatoms. The van der Waals surface area contributed by atoms with Gasteiger partial charge in [-0.2, -0.15) is 0 Å². The molecule has 3 rings (SSSR count). The van der Waals surface area contributed by atoms with Crippen molar-refractivity contribution < 1.29 is 4.79 Å². The molecule has 0 radical (unpaired) electrons. The summed E-state index contributed by atoms with van der Waals surface area (Å²) in [5.41, 5.74) is 1.28. The number of amides is 1. The quantitative estimate of drug-likeness (QED) is 0.723. The molecule has 2 fully saturated rings. The topological polar surface area (TPSA) is 32.3 Å². The fourth-order valence-corrected chi connectivity index (χ4v) is 3.42. The minimum atomic E-state index is 0.0790. The van der Waals surface area contributed by atoms with Crippen LogP contribution in [-0.2, 0) is 4.79 Å². The largest absolute Gasteiger partial charge is 0.360 e. The SMILES string of the molecule is O=C1N[C@@H]2CC=CC(Br)=C2N2CCC[C@H]12. The molecule has 2 heterocycles. The van der Waals surface area contributed by atoms with E-state index in [-0.39, 0.29) is 18.0 Å². The molecule has 1 amide bonds. The zero-order valence-corrected chi connectivity index (χ0v) is 9.96. The maximum atomic E-state index is 11.8. The number of hydrogen-bond donors (Lipinski definition) is 1. The second-order valence-corrected chi connectivity index (χ2v) is 5.14. The van der Waals surface area contributed by atoms with Gasteiger partial charge in [-0.15, -0.1) is 0 Å². The number of halogens is 1. The second-order valence-electron chi connectivity index (χ2n) is 4.28. The van der Waals surface area contributed by atoms with Crippen LogP contribution in [0.5, 0.6) is 0 Å². The number of nitrogens with one attached hydrogen (secondary N) is 1. The zero-order chi connectivity index (χ0) is 10.4. The molecule has 80 valence electrons. The summed E-state index contributed by atoms with van der Waals surface area (Å²) in [6, 6.07) is 0.265. The van der Waals surface area contributed by atoms with E-state index in [1.807, 2.05) is 0 Å². The summed E-state index contributed by atoms with van der Waals surface area (Å²) in [6.45, 7) is 1.02. The van der Waals surface area contributed by atoms with E-state index in [9.17, 15) is 4.79 Å². The lowest BCUT2D eigenvalue weighted by Gasteiger charge is -2.40. The van der Waals surface area contributed by atoms with Crippen LogP contribution in [0.2, 0.25) is 0 Å². The molecule has 0 bridgehead atoms. The number of piperazine rings is 1. The van der Waals surface area contributed by atoms with E-state index >= 15 is 0 Å². The standard InChI is InChI=1S/C11H13BrN2O/c12-7-3-1-4-8-10(7)14-6-2-5-9(14)11(15)13-8/h1,3,8-9H,2,4-6H2,(H,13,15)/t8-,9-/m1/s1. The minimum absolute atomic E-state index is 0.0790. The average Bonchev–Trinajstić information content (AvgIpc) is 2.66. The Hall–Kier alpha value is -0.770. The Morgan fingerprint density at radius 1 is 1.53 bits per heavy atom. The van der Waals surface area contributed by atoms with Crippen LogP contribution in [-0.4, -0.2) is 29.4 Å². The molecule has 1 N–H and O–H groups in total. The van der Waals surface area contributed by atoms with Crippen LogP contribution in [0.25, 0.3) is 0 Å². The highest BCUT2D eigenvalue weighted by molar-refractivity contribution is 9.11. The zero-order valence-electron chi connectivity index (χ0n) is 8.37. The third-order valence-corrected chi connectivity index (χ3v) is 4.06. The Morgan fingerprint density at radius 3 is 3.27 bits per heavy atom. The van der Waals surface area contributed by atoms with Crippen molar-refractivity contribution in [2.45, 2.75) is 31.3 Å². The van der Waals surface area contributed by atoms with Gasteiger partial charge in [0.2, 0.25) is 5.91 Å². The molecule has 0 aromatic carbocycles. The Bertz CT molecular complexity index is 375. The monoisotopic (exact) mass is 268 g/mol. The number of hydrogen-bond acceptors (Lipinski definition) is 2. The van der Waals surface area contributed by atoms with E-state index in [0.717, 1.165) is 30.3 Å². The minimum Gasteiger partial charge on any atom is -0.360 e. The summed E-state index contributed by atoms with van der Waals surface area (Å²) in [6.07, 6.45) is 7.23. The molecule has 15 heavy (non-hydrogen) atoms. The van der Waals surface area contributed by atoms with E-state index in [1.54, 1.807) is 0 Å². The predicted octanol–water partition coefficient (Wildman–Crippen LogP) is 1.52. The van der Waals surface area contributed by atoms with Crippen molar-refractivity contribution >= 4 is 21.8 Å². The number of carbonyl (C=O) groups excluding carboxylic acids is 1. The van der Waals surface area contributed by atoms with Crippen molar-refractivity contribution in [1.29, 1.82) is 0 Å². The average molecular weight is 269 g/mol. The van der Waals surface area contributed by atoms with E-state index in [2.05, 4.69) is 38.3 Å². The van der Waals surface area contributed by atoms with Crippen molar-refractivity contribution in [3.8, 4) is 0 Å². The van der Waals surface area contributed by atoms with Gasteiger partial charge >= 0.3 is 0 Å². The normalized spacial score (nSPS) is 33.9. The van der Waals surface area contributed by atoms with Crippen LogP contribution >= 0.6 is 15.9 Å². The fourth-order valence-electron chi connectivity index (χ4n) is 2.73. The molecule has 0 aromatic heterocycles. The van der Waals surface area contributed by atoms with E-state index in [4.69, 9.17) is 0 Å². The molecule has 3 nitrogen and oxygen atoms in total. The lowest BCUT2D eigenvalue weighted by molar-refractivity contribution is -0.127. The van der Waals surface area contributed by atoms with Gasteiger partial charge in [-0.25, -0.2) is 0 Å². The van der Waals surface area contributed by atoms with Crippen LogP contribution in [0.1, 0.15) is 19.3 Å². The first kappa shape index (κ1) is 9.46. The summed E-state index contributed by atoms with van der Waals surface area (Å²) in [5.74, 6) is 0.205. The molecule has 2 saturated heterocycles. The van der Waals surface area contributed by atoms with Gasteiger partial charge in [0.05, 0.1) is 11.7 Å². The molecule has 2 aliphatic heterocycles. The number of nitrogens with zero attached hydrogens (tertiary/aromatic N) is 1. The Balaban J connectivity index is 2.03. The lowest BCUT2D eigenvalue weighted by atomic mass is 9.99. The summed E-state index contributed by atoms with van der Waals surface area (Å²) < 4.78 is 1.13. The number of rotatable bonds is 0. The molecule has 2 atom stereocenters. The molecule has 1 aliphatic carbocycles. The van der Waals surface area contributed by atoms with Crippen molar-refractivity contribution in [2.24, 2.45) is 0 Å². The fraction of sp³-hybridized carbons (Fsp3) is 0.545. The van der Waals surface area contributed by atoms with Gasteiger partial charge in [0, 0.05) is 11.0 Å². The van der Waals surface area contributed by atoms with Gasteiger partial charge in [0.1, 0.15) is 6.04 Å². The smallest absolute Gasteiger partial charge is 0.243 e. The van der Waals surface area contributed by atoms with E-state index in [1.165, 1.54) is 5.70 Å². The first-order valence-corrected chi connectivity index (χ1v) is 6.20. The van der Waals surface area contributed by atoms with Crippen LogP contribution in [0.15, 0.2) is 22.3 Å². The maximum absolute atomic E-state index is 11.8. The van der Waals surface area contributed by atoms with Gasteiger partial charge in [0.25, 0.3) is 0 Å². The molecule has 0 unspecified atom stereocenters. The van der Waals surface area contributed by atoms with Gasteiger partial charge in [-0.05, 0) is 35.2 Å². The lowest BCUT2D eigenvalue weighted by Crippen LogP contribution is -2.56. The van der Waals surface area contributed by atoms with Crippen LogP contribution in [0, 0.1) is 0 Å². The molecular weight excluding hydrogens is 256 g/mol. The van der Waals surface area contributed by atoms with Crippen LogP contribution < -0.4 is 5.32 Å². The highest BCUT2D eigenvalue weighted by atomic mass is 79.9. The number of allylic oxidation sites excluding steroid dienone is 2. The third-order valence-electron chi connectivity index (χ3n) is 3.39. The highest BCUT2D eigenvalue weighted by Crippen LogP contribution is 2.35. The molecule has 0 aromatic rings. The number of fused-ring (bicyclic) bond motifs is 3. The molecule has 0 spiro atoms. The van der Waals surface area contributed by atoms with Gasteiger partial charge in [0.15, 0.2) is 0 Å². The predicted molar refractivity (Wildman–Crippen MR) is 61.4 cm³/mol. The first-order valence-electron chi connectivity index (χ1n) is 5.40. The molecular formula is C11H13BrN2O. The first-order chi connectivity index (χ1) is 7.27. The number of carbonyl (C=O) groups is 1. The second kappa shape index (κ2) is 3.37. The van der Waals surface area contributed by atoms with Gasteiger partial charge < -0.3 is 10.2 Å². The van der Waals surface area contributed by atoms with E-state index < -0.39 is 0 Å². The highest BCUT2D eigenvalue weighted by Gasteiger charge is 2.41. The van der Waals surface area contributed by atoms with Crippen LogP contribution in [0.4, 0.5) is 0 Å². The Kier molecular flexibility index (Phi) is 2.12. The third kappa shape index (κ3) is 1.34.